The van der Waals surface area contributed by atoms with Gasteiger partial charge >= 0.3 is 6.61 Å². The van der Waals surface area contributed by atoms with Gasteiger partial charge in [0.25, 0.3) is 5.91 Å². The molecule has 0 atom stereocenters. The number of carbonyl (C=O) groups excluding carboxylic acids is 1. The summed E-state index contributed by atoms with van der Waals surface area (Å²) < 4.78 is 35.0. The molecule has 3 rings (SSSR count). The van der Waals surface area contributed by atoms with Crippen LogP contribution in [0.25, 0.3) is 0 Å². The highest BCUT2D eigenvalue weighted by Crippen LogP contribution is 2.31. The van der Waals surface area contributed by atoms with Crippen LogP contribution in [-0.2, 0) is 11.3 Å². The molecular formula is C18H19F2NO3S. The van der Waals surface area contributed by atoms with Gasteiger partial charge in [-0.05, 0) is 49.4 Å². The lowest BCUT2D eigenvalue weighted by atomic mass is 10.2. The number of aryl methyl sites for hydroxylation is 1. The molecule has 2 aromatic rings. The molecule has 134 valence electrons. The summed E-state index contributed by atoms with van der Waals surface area (Å²) in [6.07, 6.45) is 2.47. The molecule has 1 aliphatic rings. The van der Waals surface area contributed by atoms with E-state index in [0.29, 0.717) is 18.2 Å². The average Bonchev–Trinajstić information content (AvgIpc) is 3.29. The van der Waals surface area contributed by atoms with Crippen molar-refractivity contribution in [1.82, 2.24) is 0 Å². The van der Waals surface area contributed by atoms with Gasteiger partial charge in [0.15, 0.2) is 0 Å². The molecule has 25 heavy (non-hydrogen) atoms. The lowest BCUT2D eigenvalue weighted by molar-refractivity contribution is -0.0498. The summed E-state index contributed by atoms with van der Waals surface area (Å²) in [5.74, 6) is 0.127. The first-order valence-corrected chi connectivity index (χ1v) is 8.86. The Bertz CT molecular complexity index is 744. The number of nitrogens with one attached hydrogen (secondary N) is 1. The number of ether oxygens (including phenoxy) is 2. The van der Waals surface area contributed by atoms with E-state index in [4.69, 9.17) is 4.74 Å². The van der Waals surface area contributed by atoms with E-state index in [-0.39, 0.29) is 10.6 Å². The highest BCUT2D eigenvalue weighted by Gasteiger charge is 2.21. The Hall–Kier alpha value is -1.99. The summed E-state index contributed by atoms with van der Waals surface area (Å²) in [4.78, 5) is 13.3. The van der Waals surface area contributed by atoms with Gasteiger partial charge < -0.3 is 14.8 Å². The molecule has 0 spiro atoms. The minimum absolute atomic E-state index is 0.0982. The zero-order chi connectivity index (χ0) is 17.8. The van der Waals surface area contributed by atoms with Gasteiger partial charge in [-0.25, -0.2) is 0 Å². The van der Waals surface area contributed by atoms with Gasteiger partial charge in [0.1, 0.15) is 10.6 Å². The molecule has 1 aliphatic carbocycles. The van der Waals surface area contributed by atoms with Crippen LogP contribution in [0.2, 0.25) is 0 Å². The molecule has 7 heteroatoms. The van der Waals surface area contributed by atoms with Crippen molar-refractivity contribution in [2.24, 2.45) is 5.92 Å². The maximum Gasteiger partial charge on any atom is 0.387 e. The topological polar surface area (TPSA) is 47.6 Å². The molecule has 0 radical (unpaired) electrons. The lowest BCUT2D eigenvalue weighted by Crippen LogP contribution is -2.13. The van der Waals surface area contributed by atoms with E-state index in [1.807, 2.05) is 18.2 Å². The van der Waals surface area contributed by atoms with E-state index >= 15 is 0 Å². The third-order valence-electron chi connectivity index (χ3n) is 3.75. The van der Waals surface area contributed by atoms with Crippen LogP contribution in [0.4, 0.5) is 14.5 Å². The van der Waals surface area contributed by atoms with Gasteiger partial charge in [-0.2, -0.15) is 8.78 Å². The number of rotatable bonds is 8. The van der Waals surface area contributed by atoms with Gasteiger partial charge in [0.05, 0.1) is 6.61 Å². The highest BCUT2D eigenvalue weighted by molar-refractivity contribution is 7.14. The first-order valence-electron chi connectivity index (χ1n) is 8.04. The predicted octanol–water partition coefficient (Wildman–Crippen LogP) is 4.84. The quantitative estimate of drug-likeness (QED) is 0.726. The minimum atomic E-state index is -2.97. The summed E-state index contributed by atoms with van der Waals surface area (Å²) in [7, 11) is 0. The Labute approximate surface area is 148 Å². The van der Waals surface area contributed by atoms with Crippen molar-refractivity contribution >= 4 is 22.9 Å². The number of carbonyl (C=O) groups is 1. The van der Waals surface area contributed by atoms with E-state index in [1.54, 1.807) is 13.0 Å². The largest absolute Gasteiger partial charge is 0.433 e. The Morgan fingerprint density at radius 2 is 2.16 bits per heavy atom. The average molecular weight is 367 g/mol. The maximum absolute atomic E-state index is 12.5. The van der Waals surface area contributed by atoms with Crippen molar-refractivity contribution in [3.8, 4) is 5.75 Å². The monoisotopic (exact) mass is 367 g/mol. The second-order valence-electron chi connectivity index (χ2n) is 6.04. The fourth-order valence-electron chi connectivity index (χ4n) is 2.39. The molecule has 1 aromatic carbocycles. The zero-order valence-electron chi connectivity index (χ0n) is 13.8. The van der Waals surface area contributed by atoms with Gasteiger partial charge in [-0.15, -0.1) is 11.3 Å². The second kappa shape index (κ2) is 7.93. The van der Waals surface area contributed by atoms with Gasteiger partial charge in [-0.1, -0.05) is 12.1 Å². The van der Waals surface area contributed by atoms with Crippen LogP contribution >= 0.6 is 11.3 Å². The molecule has 1 fully saturated rings. The molecule has 4 nitrogen and oxygen atoms in total. The lowest BCUT2D eigenvalue weighted by Gasteiger charge is -2.09. The van der Waals surface area contributed by atoms with Crippen molar-refractivity contribution < 1.29 is 23.0 Å². The van der Waals surface area contributed by atoms with E-state index in [0.717, 1.165) is 28.4 Å². The normalized spacial score (nSPS) is 13.9. The number of benzene rings is 1. The molecule has 0 saturated heterocycles. The van der Waals surface area contributed by atoms with Gasteiger partial charge in [0, 0.05) is 17.2 Å². The van der Waals surface area contributed by atoms with Gasteiger partial charge in [0.2, 0.25) is 0 Å². The number of amides is 1. The summed E-state index contributed by atoms with van der Waals surface area (Å²) in [6.45, 7) is 0.0159. The minimum Gasteiger partial charge on any atom is -0.433 e. The number of alkyl halides is 2. The van der Waals surface area contributed by atoms with Crippen LogP contribution in [0.15, 0.2) is 30.3 Å². The second-order valence-corrected chi connectivity index (χ2v) is 7.30. The van der Waals surface area contributed by atoms with Crippen molar-refractivity contribution in [1.29, 1.82) is 0 Å². The Morgan fingerprint density at radius 3 is 2.88 bits per heavy atom. The summed E-state index contributed by atoms with van der Waals surface area (Å²) >= 11 is 1.12. The third-order valence-corrected chi connectivity index (χ3v) is 4.78. The van der Waals surface area contributed by atoms with E-state index < -0.39 is 12.5 Å². The molecule has 0 aliphatic heterocycles. The first-order chi connectivity index (χ1) is 12.0. The van der Waals surface area contributed by atoms with Gasteiger partial charge in [-0.3, -0.25) is 4.79 Å². The summed E-state index contributed by atoms with van der Waals surface area (Å²) in [5, 5.41) is 2.73. The first kappa shape index (κ1) is 17.8. The molecule has 1 aromatic heterocycles. The standard InChI is InChI=1S/C18H19F2NO3S/c1-11-7-15(24-18(19)20)16(25-11)17(22)21-14-4-2-3-13(8-14)10-23-9-12-5-6-12/h2-4,7-8,12,18H,5-6,9-10H2,1H3,(H,21,22). The van der Waals surface area contributed by atoms with Crippen molar-refractivity contribution in [2.75, 3.05) is 11.9 Å². The molecule has 0 unspecified atom stereocenters. The number of thiophene rings is 1. The smallest absolute Gasteiger partial charge is 0.387 e. The summed E-state index contributed by atoms with van der Waals surface area (Å²) in [5.41, 5.74) is 1.54. The molecular weight excluding hydrogens is 348 g/mol. The summed E-state index contributed by atoms with van der Waals surface area (Å²) in [6, 6.07) is 8.74. The van der Waals surface area contributed by atoms with Crippen molar-refractivity contribution in [3.05, 3.63) is 45.6 Å². The Balaban J connectivity index is 1.64. The van der Waals surface area contributed by atoms with Crippen molar-refractivity contribution in [2.45, 2.75) is 33.0 Å². The zero-order valence-corrected chi connectivity index (χ0v) is 14.6. The highest BCUT2D eigenvalue weighted by atomic mass is 32.1. The fraction of sp³-hybridized carbons (Fsp3) is 0.389. The number of halogens is 2. The predicted molar refractivity (Wildman–Crippen MR) is 92.5 cm³/mol. The number of hydrogen-bond acceptors (Lipinski definition) is 4. The molecule has 1 heterocycles. The van der Waals surface area contributed by atoms with Crippen LogP contribution in [-0.4, -0.2) is 19.1 Å². The van der Waals surface area contributed by atoms with E-state index in [2.05, 4.69) is 10.1 Å². The molecule has 1 saturated carbocycles. The van der Waals surface area contributed by atoms with E-state index in [9.17, 15) is 13.6 Å². The fourth-order valence-corrected chi connectivity index (χ4v) is 3.23. The molecule has 1 N–H and O–H groups in total. The Kier molecular flexibility index (Phi) is 5.65. The van der Waals surface area contributed by atoms with Crippen LogP contribution in [0.3, 0.4) is 0 Å². The van der Waals surface area contributed by atoms with Crippen molar-refractivity contribution in [3.63, 3.8) is 0 Å². The van der Waals surface area contributed by atoms with Crippen LogP contribution in [0, 0.1) is 12.8 Å². The SMILES string of the molecule is Cc1cc(OC(F)F)c(C(=O)Nc2cccc(COCC3CC3)c2)s1. The van der Waals surface area contributed by atoms with E-state index in [1.165, 1.54) is 18.9 Å². The third kappa shape index (κ3) is 5.24. The van der Waals surface area contributed by atoms with Crippen LogP contribution in [0.1, 0.15) is 33.0 Å². The Morgan fingerprint density at radius 1 is 1.36 bits per heavy atom. The molecule has 0 bridgehead atoms. The molecule has 1 amide bonds. The number of hydrogen-bond donors (Lipinski definition) is 1. The maximum atomic E-state index is 12.5. The number of anilines is 1. The van der Waals surface area contributed by atoms with Crippen LogP contribution in [0.5, 0.6) is 5.75 Å². The van der Waals surface area contributed by atoms with Crippen LogP contribution < -0.4 is 10.1 Å².